The maximum Gasteiger partial charge on any atom is 0.306 e. The second kappa shape index (κ2) is 2.81. The fourth-order valence-electron chi connectivity index (χ4n) is 1.14. The van der Waals surface area contributed by atoms with Crippen LogP contribution in [0.4, 0.5) is 0 Å². The molecule has 1 atom stereocenters. The van der Waals surface area contributed by atoms with Gasteiger partial charge < -0.3 is 4.74 Å². The lowest BCUT2D eigenvalue weighted by Gasteiger charge is -2.04. The molecule has 1 rings (SSSR count). The van der Waals surface area contributed by atoms with Crippen molar-refractivity contribution in [3.05, 3.63) is 0 Å². The van der Waals surface area contributed by atoms with Gasteiger partial charge in [0, 0.05) is 18.6 Å². The van der Waals surface area contributed by atoms with Gasteiger partial charge >= 0.3 is 5.97 Å². The largest absolute Gasteiger partial charge is 0.469 e. The molecule has 1 fully saturated rings. The second-order valence-electron chi connectivity index (χ2n) is 3.56. The zero-order valence-corrected chi connectivity index (χ0v) is 7.39. The van der Waals surface area contributed by atoms with Gasteiger partial charge in [-0.25, -0.2) is 0 Å². The molecule has 0 aromatic heterocycles. The van der Waals surface area contributed by atoms with E-state index in [1.165, 1.54) is 7.11 Å². The molecule has 0 spiro atoms. The number of carbonyl (C=O) groups excluding carboxylic acids is 1. The summed E-state index contributed by atoms with van der Waals surface area (Å²) in [5.41, 5.74) is 0.327. The lowest BCUT2D eigenvalue weighted by molar-refractivity contribution is -0.140. The quantitative estimate of drug-likeness (QED) is 0.445. The van der Waals surface area contributed by atoms with E-state index in [-0.39, 0.29) is 5.97 Å². The Morgan fingerprint density at radius 3 is 2.55 bits per heavy atom. The zero-order chi connectivity index (χ0) is 8.48. The van der Waals surface area contributed by atoms with Crippen molar-refractivity contribution in [2.75, 3.05) is 20.2 Å². The van der Waals surface area contributed by atoms with Gasteiger partial charge in [-0.2, -0.15) is 0 Å². The van der Waals surface area contributed by atoms with Gasteiger partial charge in [-0.3, -0.25) is 9.69 Å². The van der Waals surface area contributed by atoms with Gasteiger partial charge in [0.2, 0.25) is 0 Å². The molecule has 64 valence electrons. The van der Waals surface area contributed by atoms with Crippen LogP contribution in [-0.4, -0.2) is 36.6 Å². The summed E-state index contributed by atoms with van der Waals surface area (Å²) in [6.45, 7) is 6.28. The fourth-order valence-corrected chi connectivity index (χ4v) is 1.14. The molecule has 0 amide bonds. The Bertz CT molecular complexity index is 165. The van der Waals surface area contributed by atoms with E-state index in [9.17, 15) is 4.79 Å². The third-order valence-corrected chi connectivity index (χ3v) is 2.14. The Morgan fingerprint density at radius 1 is 1.64 bits per heavy atom. The maximum atomic E-state index is 10.7. The minimum Gasteiger partial charge on any atom is -0.469 e. The SMILES string of the molecule is COC(=O)CCN1CC1(C)C. The number of methoxy groups -OCH3 is 1. The van der Waals surface area contributed by atoms with Crippen LogP contribution in [0, 0.1) is 0 Å². The van der Waals surface area contributed by atoms with Crippen molar-refractivity contribution in [1.29, 1.82) is 0 Å². The summed E-state index contributed by atoms with van der Waals surface area (Å²) in [5.74, 6) is -0.118. The van der Waals surface area contributed by atoms with E-state index in [1.807, 2.05) is 0 Å². The molecule has 0 aliphatic carbocycles. The van der Waals surface area contributed by atoms with Crippen molar-refractivity contribution >= 4 is 5.97 Å². The topological polar surface area (TPSA) is 29.3 Å². The predicted octanol–water partition coefficient (Wildman–Crippen LogP) is 0.644. The van der Waals surface area contributed by atoms with E-state index in [1.54, 1.807) is 0 Å². The summed E-state index contributed by atoms with van der Waals surface area (Å²) < 4.78 is 4.53. The molecule has 1 unspecified atom stereocenters. The second-order valence-corrected chi connectivity index (χ2v) is 3.56. The molecule has 3 heteroatoms. The van der Waals surface area contributed by atoms with Gasteiger partial charge in [0.1, 0.15) is 0 Å². The van der Waals surface area contributed by atoms with Gasteiger partial charge in [-0.15, -0.1) is 0 Å². The number of hydrogen-bond donors (Lipinski definition) is 0. The van der Waals surface area contributed by atoms with E-state index in [0.717, 1.165) is 13.1 Å². The molecule has 1 aliphatic heterocycles. The highest BCUT2D eigenvalue weighted by Crippen LogP contribution is 2.30. The van der Waals surface area contributed by atoms with E-state index in [2.05, 4.69) is 23.5 Å². The molecule has 3 nitrogen and oxygen atoms in total. The van der Waals surface area contributed by atoms with Crippen LogP contribution in [0.1, 0.15) is 20.3 Å². The Morgan fingerprint density at radius 2 is 2.18 bits per heavy atom. The minimum absolute atomic E-state index is 0.118. The van der Waals surface area contributed by atoms with Crippen LogP contribution in [0.3, 0.4) is 0 Å². The number of nitrogens with zero attached hydrogens (tertiary/aromatic N) is 1. The van der Waals surface area contributed by atoms with Gasteiger partial charge in [0.15, 0.2) is 0 Å². The molecular formula is C8H15NO2. The van der Waals surface area contributed by atoms with Crippen LogP contribution in [0.25, 0.3) is 0 Å². The molecule has 0 bridgehead atoms. The number of carbonyl (C=O) groups is 1. The van der Waals surface area contributed by atoms with E-state index < -0.39 is 0 Å². The average molecular weight is 157 g/mol. The van der Waals surface area contributed by atoms with Crippen molar-refractivity contribution < 1.29 is 9.53 Å². The zero-order valence-electron chi connectivity index (χ0n) is 7.39. The molecule has 0 aromatic rings. The van der Waals surface area contributed by atoms with Gasteiger partial charge in [0.05, 0.1) is 13.5 Å². The highest BCUT2D eigenvalue weighted by atomic mass is 16.5. The predicted molar refractivity (Wildman–Crippen MR) is 42.3 cm³/mol. The first kappa shape index (κ1) is 8.53. The summed E-state index contributed by atoms with van der Waals surface area (Å²) in [5, 5.41) is 0. The van der Waals surface area contributed by atoms with Gasteiger partial charge in [-0.05, 0) is 13.8 Å². The van der Waals surface area contributed by atoms with Crippen molar-refractivity contribution in [3.8, 4) is 0 Å². The number of hydrogen-bond acceptors (Lipinski definition) is 3. The molecular weight excluding hydrogens is 142 g/mol. The molecule has 1 saturated heterocycles. The maximum absolute atomic E-state index is 10.7. The Kier molecular flexibility index (Phi) is 2.18. The Hall–Kier alpha value is -0.570. The summed E-state index contributed by atoms with van der Waals surface area (Å²) >= 11 is 0. The third-order valence-electron chi connectivity index (χ3n) is 2.14. The highest BCUT2D eigenvalue weighted by Gasteiger charge is 2.42. The summed E-state index contributed by atoms with van der Waals surface area (Å²) in [4.78, 5) is 13.0. The van der Waals surface area contributed by atoms with Crippen LogP contribution in [0.5, 0.6) is 0 Å². The normalized spacial score (nSPS) is 26.3. The summed E-state index contributed by atoms with van der Waals surface area (Å²) in [6, 6.07) is 0. The van der Waals surface area contributed by atoms with Crippen LogP contribution >= 0.6 is 0 Å². The lowest BCUT2D eigenvalue weighted by Crippen LogP contribution is -2.14. The van der Waals surface area contributed by atoms with E-state index >= 15 is 0 Å². The highest BCUT2D eigenvalue weighted by molar-refractivity contribution is 5.69. The third kappa shape index (κ3) is 2.19. The van der Waals surface area contributed by atoms with Crippen molar-refractivity contribution in [2.24, 2.45) is 0 Å². The molecule has 0 N–H and O–H groups in total. The average Bonchev–Trinajstić information content (AvgIpc) is 2.54. The van der Waals surface area contributed by atoms with Crippen molar-refractivity contribution in [1.82, 2.24) is 4.90 Å². The smallest absolute Gasteiger partial charge is 0.306 e. The van der Waals surface area contributed by atoms with Crippen molar-refractivity contribution in [2.45, 2.75) is 25.8 Å². The number of ether oxygens (including phenoxy) is 1. The fraction of sp³-hybridized carbons (Fsp3) is 0.875. The van der Waals surface area contributed by atoms with E-state index in [0.29, 0.717) is 12.0 Å². The number of rotatable bonds is 3. The molecule has 0 saturated carbocycles. The summed E-state index contributed by atoms with van der Waals surface area (Å²) in [6.07, 6.45) is 0.514. The van der Waals surface area contributed by atoms with Crippen molar-refractivity contribution in [3.63, 3.8) is 0 Å². The minimum atomic E-state index is -0.118. The summed E-state index contributed by atoms with van der Waals surface area (Å²) in [7, 11) is 1.43. The Labute approximate surface area is 67.3 Å². The molecule has 0 aromatic carbocycles. The van der Waals surface area contributed by atoms with Crippen LogP contribution < -0.4 is 0 Å². The number of esters is 1. The first-order valence-electron chi connectivity index (χ1n) is 3.88. The van der Waals surface area contributed by atoms with Crippen LogP contribution in [0.2, 0.25) is 0 Å². The molecule has 0 radical (unpaired) electrons. The molecule has 1 heterocycles. The Balaban J connectivity index is 2.11. The molecule has 1 aliphatic rings. The van der Waals surface area contributed by atoms with Gasteiger partial charge in [-0.1, -0.05) is 0 Å². The van der Waals surface area contributed by atoms with Crippen LogP contribution in [0.15, 0.2) is 0 Å². The van der Waals surface area contributed by atoms with Gasteiger partial charge in [0.25, 0.3) is 0 Å². The molecule has 11 heavy (non-hydrogen) atoms. The monoisotopic (exact) mass is 157 g/mol. The first-order chi connectivity index (χ1) is 5.06. The lowest BCUT2D eigenvalue weighted by atomic mass is 10.2. The van der Waals surface area contributed by atoms with E-state index in [4.69, 9.17) is 0 Å². The standard InChI is InChI=1S/C8H15NO2/c1-8(2)6-9(8)5-4-7(10)11-3/h4-6H2,1-3H3. The van der Waals surface area contributed by atoms with Crippen LogP contribution in [-0.2, 0) is 9.53 Å². The first-order valence-corrected chi connectivity index (χ1v) is 3.88.